The Morgan fingerprint density at radius 1 is 1.50 bits per heavy atom. The molecule has 0 saturated carbocycles. The molecule has 2 atom stereocenters. The number of hydrogen-bond donors (Lipinski definition) is 2. The van der Waals surface area contributed by atoms with Gasteiger partial charge in [0, 0.05) is 0 Å². The van der Waals surface area contributed by atoms with Gasteiger partial charge in [-0.15, -0.1) is 0 Å². The maximum Gasteiger partial charge on any atom is 0.317 e. The van der Waals surface area contributed by atoms with Crippen LogP contribution in [0.25, 0.3) is 0 Å². The van der Waals surface area contributed by atoms with E-state index < -0.39 is 18.0 Å². The Balaban J connectivity index is 2.77. The van der Waals surface area contributed by atoms with Gasteiger partial charge in [-0.25, -0.2) is 4.79 Å². The van der Waals surface area contributed by atoms with Crippen LogP contribution in [0.5, 0.6) is 0 Å². The van der Waals surface area contributed by atoms with E-state index in [9.17, 15) is 9.59 Å². The number of rotatable bonds is 1. The first-order valence-electron chi connectivity index (χ1n) is 3.51. The Kier molecular flexibility index (Phi) is 2.18. The lowest BCUT2D eigenvalue weighted by molar-refractivity contribution is -0.122. The number of ether oxygens (including phenoxy) is 1. The van der Waals surface area contributed by atoms with Crippen molar-refractivity contribution in [3.05, 3.63) is 0 Å². The molecule has 1 heterocycles. The molecule has 4 N–H and O–H groups in total. The fourth-order valence-electron chi connectivity index (χ4n) is 1.21. The quantitative estimate of drug-likeness (QED) is 0.510. The highest BCUT2D eigenvalue weighted by Gasteiger charge is 2.38. The van der Waals surface area contributed by atoms with E-state index in [0.29, 0.717) is 0 Å². The van der Waals surface area contributed by atoms with Crippen LogP contribution in [0, 0.1) is 0 Å². The summed E-state index contributed by atoms with van der Waals surface area (Å²) >= 11 is 0. The van der Waals surface area contributed by atoms with Gasteiger partial charge < -0.3 is 16.2 Å². The summed E-state index contributed by atoms with van der Waals surface area (Å²) in [5.41, 5.74) is 10.0. The van der Waals surface area contributed by atoms with E-state index in [1.165, 1.54) is 0 Å². The second-order valence-corrected chi connectivity index (χ2v) is 2.66. The van der Waals surface area contributed by atoms with E-state index in [-0.39, 0.29) is 12.8 Å². The van der Waals surface area contributed by atoms with Gasteiger partial charge in [0.1, 0.15) is 12.8 Å². The van der Waals surface area contributed by atoms with Crippen molar-refractivity contribution in [2.24, 2.45) is 11.5 Å². The molecule has 1 aliphatic heterocycles. The number of carbonyl (C=O) groups excluding carboxylic acids is 2. The van der Waals surface area contributed by atoms with Crippen LogP contribution in [0.1, 0.15) is 6.92 Å². The van der Waals surface area contributed by atoms with Crippen molar-refractivity contribution >= 4 is 11.9 Å². The van der Waals surface area contributed by atoms with E-state index in [0.717, 1.165) is 4.90 Å². The van der Waals surface area contributed by atoms with Gasteiger partial charge in [-0.05, 0) is 6.92 Å². The lowest BCUT2D eigenvalue weighted by Crippen LogP contribution is -2.49. The van der Waals surface area contributed by atoms with Crippen molar-refractivity contribution in [3.63, 3.8) is 0 Å². The fraction of sp³-hybridized carbons (Fsp3) is 0.667. The second-order valence-electron chi connectivity index (χ2n) is 2.66. The lowest BCUT2D eigenvalue weighted by Gasteiger charge is -2.18. The topological polar surface area (TPSA) is 98.7 Å². The third-order valence-electron chi connectivity index (χ3n) is 1.83. The summed E-state index contributed by atoms with van der Waals surface area (Å²) in [7, 11) is 0. The normalized spacial score (nSPS) is 28.9. The molecule has 12 heavy (non-hydrogen) atoms. The third-order valence-corrected chi connectivity index (χ3v) is 1.83. The molecule has 68 valence electrons. The van der Waals surface area contributed by atoms with Gasteiger partial charge in [0.2, 0.25) is 5.91 Å². The highest BCUT2D eigenvalue weighted by molar-refractivity contribution is 5.86. The van der Waals surface area contributed by atoms with Crippen molar-refractivity contribution in [3.8, 4) is 0 Å². The average Bonchev–Trinajstić information content (AvgIpc) is 2.30. The van der Waals surface area contributed by atoms with Crippen LogP contribution < -0.4 is 11.5 Å². The molecule has 0 radical (unpaired) electrons. The maximum atomic E-state index is 10.8. The zero-order chi connectivity index (χ0) is 9.30. The zero-order valence-corrected chi connectivity index (χ0v) is 6.69. The second kappa shape index (κ2) is 2.98. The van der Waals surface area contributed by atoms with E-state index in [1.54, 1.807) is 6.92 Å². The van der Waals surface area contributed by atoms with Gasteiger partial charge in [-0.1, -0.05) is 0 Å². The highest BCUT2D eigenvalue weighted by atomic mass is 16.5. The van der Waals surface area contributed by atoms with Gasteiger partial charge in [0.15, 0.2) is 0 Å². The van der Waals surface area contributed by atoms with Gasteiger partial charge >= 0.3 is 6.03 Å². The van der Waals surface area contributed by atoms with E-state index >= 15 is 0 Å². The Morgan fingerprint density at radius 3 is 2.42 bits per heavy atom. The molecule has 1 saturated heterocycles. The molecule has 1 rings (SSSR count). The van der Waals surface area contributed by atoms with Crippen LogP contribution in [0.2, 0.25) is 0 Å². The molecule has 0 bridgehead atoms. The summed E-state index contributed by atoms with van der Waals surface area (Å²) in [6, 6.07) is -1.43. The SMILES string of the molecule is C[C@H]1OCN(C(N)=O)[C@H]1C(N)=O. The summed E-state index contributed by atoms with van der Waals surface area (Å²) in [5.74, 6) is -0.598. The summed E-state index contributed by atoms with van der Waals surface area (Å²) < 4.78 is 5.02. The third kappa shape index (κ3) is 1.33. The number of urea groups is 1. The van der Waals surface area contributed by atoms with Crippen LogP contribution in [0.4, 0.5) is 4.79 Å². The molecular weight excluding hydrogens is 162 g/mol. The predicted molar refractivity (Wildman–Crippen MR) is 39.8 cm³/mol. The van der Waals surface area contributed by atoms with Crippen molar-refractivity contribution in [2.45, 2.75) is 19.1 Å². The van der Waals surface area contributed by atoms with Crippen molar-refractivity contribution in [1.29, 1.82) is 0 Å². The Morgan fingerprint density at radius 2 is 2.08 bits per heavy atom. The lowest BCUT2D eigenvalue weighted by atomic mass is 10.2. The molecule has 0 aromatic rings. The van der Waals surface area contributed by atoms with Gasteiger partial charge in [0.25, 0.3) is 0 Å². The standard InChI is InChI=1S/C6H11N3O3/c1-3-4(5(7)10)9(2-12-3)6(8)11/h3-4H,2H2,1H3,(H2,7,10)(H2,8,11)/t3-,4-/m1/s1. The van der Waals surface area contributed by atoms with Crippen LogP contribution in [0.3, 0.4) is 0 Å². The van der Waals surface area contributed by atoms with Gasteiger partial charge in [0.05, 0.1) is 6.10 Å². The largest absolute Gasteiger partial charge is 0.368 e. The average molecular weight is 173 g/mol. The fourth-order valence-corrected chi connectivity index (χ4v) is 1.21. The van der Waals surface area contributed by atoms with Crippen molar-refractivity contribution in [1.82, 2.24) is 4.90 Å². The number of nitrogens with zero attached hydrogens (tertiary/aromatic N) is 1. The molecule has 6 nitrogen and oxygen atoms in total. The highest BCUT2D eigenvalue weighted by Crippen LogP contribution is 2.15. The summed E-state index contributed by atoms with van der Waals surface area (Å²) in [5, 5.41) is 0. The first-order valence-corrected chi connectivity index (χ1v) is 3.51. The van der Waals surface area contributed by atoms with E-state index in [2.05, 4.69) is 0 Å². The number of primary amides is 2. The minimum Gasteiger partial charge on any atom is -0.368 e. The molecular formula is C6H11N3O3. The molecule has 6 heteroatoms. The van der Waals surface area contributed by atoms with Crippen LogP contribution in [-0.2, 0) is 9.53 Å². The smallest absolute Gasteiger partial charge is 0.317 e. The summed E-state index contributed by atoms with van der Waals surface area (Å²) in [6.45, 7) is 1.70. The number of carbonyl (C=O) groups is 2. The summed E-state index contributed by atoms with van der Waals surface area (Å²) in [4.78, 5) is 22.6. The molecule has 3 amide bonds. The van der Waals surface area contributed by atoms with Crippen molar-refractivity contribution < 1.29 is 14.3 Å². The van der Waals surface area contributed by atoms with E-state index in [4.69, 9.17) is 16.2 Å². The molecule has 0 unspecified atom stereocenters. The van der Waals surface area contributed by atoms with Gasteiger partial charge in [-0.2, -0.15) is 0 Å². The maximum absolute atomic E-state index is 10.8. The summed E-state index contributed by atoms with van der Waals surface area (Å²) in [6.07, 6.45) is -0.380. The Hall–Kier alpha value is -1.30. The van der Waals surface area contributed by atoms with Crippen LogP contribution >= 0.6 is 0 Å². The van der Waals surface area contributed by atoms with Crippen LogP contribution in [-0.4, -0.2) is 35.7 Å². The van der Waals surface area contributed by atoms with Crippen LogP contribution in [0.15, 0.2) is 0 Å². The van der Waals surface area contributed by atoms with Gasteiger partial charge in [-0.3, -0.25) is 9.69 Å². The first kappa shape index (κ1) is 8.79. The number of hydrogen-bond acceptors (Lipinski definition) is 3. The monoisotopic (exact) mass is 173 g/mol. The number of nitrogens with two attached hydrogens (primary N) is 2. The number of amides is 3. The first-order chi connectivity index (χ1) is 5.54. The Labute approximate surface area is 69.4 Å². The predicted octanol–water partition coefficient (Wildman–Crippen LogP) is -1.40. The molecule has 0 spiro atoms. The minimum absolute atomic E-state index is 0.0319. The minimum atomic E-state index is -0.734. The zero-order valence-electron chi connectivity index (χ0n) is 6.69. The molecule has 1 aliphatic rings. The molecule has 1 fully saturated rings. The molecule has 0 aliphatic carbocycles. The van der Waals surface area contributed by atoms with Crippen molar-refractivity contribution in [2.75, 3.05) is 6.73 Å². The molecule has 0 aromatic carbocycles. The Bertz CT molecular complexity index is 218. The molecule has 0 aromatic heterocycles. The van der Waals surface area contributed by atoms with E-state index in [1.807, 2.05) is 0 Å².